The predicted octanol–water partition coefficient (Wildman–Crippen LogP) is 5.59. The number of halogens is 3. The summed E-state index contributed by atoms with van der Waals surface area (Å²) in [5.74, 6) is -1.13. The number of hydrogen-bond donors (Lipinski definition) is 1. The Morgan fingerprint density at radius 3 is 2.24 bits per heavy atom. The lowest BCUT2D eigenvalue weighted by Gasteiger charge is -2.32. The lowest BCUT2D eigenvalue weighted by Crippen LogP contribution is -2.52. The van der Waals surface area contributed by atoms with Gasteiger partial charge < -0.3 is 10.2 Å². The standard InChI is InChI=1S/C31H36F3N3O4S/c1-4-5-19-35-30(39)24(3)36(20-18-25-10-7-6-8-11-25)29(38)22-37(27-13-9-12-26(21-27)31(32,33)34)42(40,41)28-16-14-23(2)15-17-28/h6-17,21,24H,4-5,18-20,22H2,1-3H3,(H,35,39). The van der Waals surface area contributed by atoms with Gasteiger partial charge in [0.25, 0.3) is 10.0 Å². The van der Waals surface area contributed by atoms with E-state index in [9.17, 15) is 31.2 Å². The third-order valence-electron chi connectivity index (χ3n) is 6.83. The summed E-state index contributed by atoms with van der Waals surface area (Å²) < 4.78 is 69.1. The number of unbranched alkanes of at least 4 members (excludes halogenated alkanes) is 1. The van der Waals surface area contributed by atoms with Crippen molar-refractivity contribution >= 4 is 27.5 Å². The first-order valence-corrected chi connectivity index (χ1v) is 15.2. The second-order valence-corrected chi connectivity index (χ2v) is 11.9. The Balaban J connectivity index is 2.01. The van der Waals surface area contributed by atoms with Gasteiger partial charge in [-0.15, -0.1) is 0 Å². The highest BCUT2D eigenvalue weighted by Gasteiger charge is 2.35. The van der Waals surface area contributed by atoms with Gasteiger partial charge in [-0.2, -0.15) is 13.2 Å². The molecule has 3 rings (SSSR count). The second-order valence-electron chi connectivity index (χ2n) is 10.0. The zero-order valence-corrected chi connectivity index (χ0v) is 24.7. The molecular formula is C31H36F3N3O4S. The molecule has 0 aromatic heterocycles. The maximum Gasteiger partial charge on any atom is 0.416 e. The summed E-state index contributed by atoms with van der Waals surface area (Å²) in [6.07, 6.45) is -2.75. The molecule has 0 aliphatic carbocycles. The Morgan fingerprint density at radius 2 is 1.62 bits per heavy atom. The highest BCUT2D eigenvalue weighted by molar-refractivity contribution is 7.92. The smallest absolute Gasteiger partial charge is 0.354 e. The number of rotatable bonds is 13. The summed E-state index contributed by atoms with van der Waals surface area (Å²) in [4.78, 5) is 27.9. The zero-order valence-electron chi connectivity index (χ0n) is 23.9. The van der Waals surface area contributed by atoms with Crippen LogP contribution in [-0.4, -0.2) is 50.8 Å². The number of hydrogen-bond acceptors (Lipinski definition) is 4. The fourth-order valence-electron chi connectivity index (χ4n) is 4.31. The monoisotopic (exact) mass is 603 g/mol. The van der Waals surface area contributed by atoms with Crippen LogP contribution in [0.3, 0.4) is 0 Å². The molecule has 3 aromatic rings. The van der Waals surface area contributed by atoms with Crippen LogP contribution in [0.5, 0.6) is 0 Å². The third kappa shape index (κ3) is 8.58. The molecule has 1 N–H and O–H groups in total. The molecule has 11 heteroatoms. The van der Waals surface area contributed by atoms with E-state index in [1.54, 1.807) is 26.0 Å². The normalized spacial score (nSPS) is 12.4. The number of alkyl halides is 3. The molecule has 0 saturated heterocycles. The van der Waals surface area contributed by atoms with Crippen LogP contribution in [0.2, 0.25) is 0 Å². The van der Waals surface area contributed by atoms with Crippen molar-refractivity contribution < 1.29 is 31.2 Å². The summed E-state index contributed by atoms with van der Waals surface area (Å²) in [6, 6.07) is 17.9. The number of carbonyl (C=O) groups is 2. The number of amides is 2. The van der Waals surface area contributed by atoms with Gasteiger partial charge in [-0.3, -0.25) is 13.9 Å². The second kappa shape index (κ2) is 14.4. The average molecular weight is 604 g/mol. The number of anilines is 1. The molecule has 1 unspecified atom stereocenters. The molecule has 1 atom stereocenters. The summed E-state index contributed by atoms with van der Waals surface area (Å²) >= 11 is 0. The SMILES string of the molecule is CCCCNC(=O)C(C)N(CCc1ccccc1)C(=O)CN(c1cccc(C(F)(F)F)c1)S(=O)(=O)c1ccc(C)cc1. The number of sulfonamides is 1. The van der Waals surface area contributed by atoms with E-state index >= 15 is 0 Å². The lowest BCUT2D eigenvalue weighted by atomic mass is 10.1. The van der Waals surface area contributed by atoms with Crippen molar-refractivity contribution in [2.24, 2.45) is 0 Å². The minimum atomic E-state index is -4.73. The summed E-state index contributed by atoms with van der Waals surface area (Å²) in [5.41, 5.74) is 0.310. The quantitative estimate of drug-likeness (QED) is 0.258. The number of aryl methyl sites for hydroxylation is 1. The Labute approximate surface area is 245 Å². The average Bonchev–Trinajstić information content (AvgIpc) is 2.96. The van der Waals surface area contributed by atoms with Crippen molar-refractivity contribution in [2.45, 2.75) is 57.1 Å². The van der Waals surface area contributed by atoms with E-state index in [4.69, 9.17) is 0 Å². The van der Waals surface area contributed by atoms with Gasteiger partial charge in [0.2, 0.25) is 11.8 Å². The van der Waals surface area contributed by atoms with Gasteiger partial charge in [0.05, 0.1) is 16.1 Å². The highest BCUT2D eigenvalue weighted by Crippen LogP contribution is 2.33. The van der Waals surface area contributed by atoms with Crippen molar-refractivity contribution in [3.05, 3.63) is 95.6 Å². The Kier molecular flexibility index (Phi) is 11.2. The van der Waals surface area contributed by atoms with Gasteiger partial charge in [0, 0.05) is 13.1 Å². The molecule has 0 saturated carbocycles. The van der Waals surface area contributed by atoms with E-state index in [0.717, 1.165) is 36.1 Å². The van der Waals surface area contributed by atoms with Crippen molar-refractivity contribution in [1.82, 2.24) is 10.2 Å². The van der Waals surface area contributed by atoms with Crippen LogP contribution in [0.1, 0.15) is 43.4 Å². The Bertz CT molecular complexity index is 1450. The van der Waals surface area contributed by atoms with Crippen LogP contribution >= 0.6 is 0 Å². The molecule has 0 radical (unpaired) electrons. The maximum atomic E-state index is 13.9. The van der Waals surface area contributed by atoms with E-state index in [1.807, 2.05) is 37.3 Å². The van der Waals surface area contributed by atoms with Crippen LogP contribution in [0.25, 0.3) is 0 Å². The molecule has 0 bridgehead atoms. The maximum absolute atomic E-state index is 13.9. The van der Waals surface area contributed by atoms with Crippen molar-refractivity contribution in [3.63, 3.8) is 0 Å². The highest BCUT2D eigenvalue weighted by atomic mass is 32.2. The largest absolute Gasteiger partial charge is 0.416 e. The molecule has 0 heterocycles. The molecule has 226 valence electrons. The third-order valence-corrected chi connectivity index (χ3v) is 8.62. The van der Waals surface area contributed by atoms with Crippen LogP contribution < -0.4 is 9.62 Å². The van der Waals surface area contributed by atoms with Gasteiger partial charge in [-0.05, 0) is 62.6 Å². The van der Waals surface area contributed by atoms with Gasteiger partial charge in [0.15, 0.2) is 0 Å². The van der Waals surface area contributed by atoms with Crippen LogP contribution in [0.15, 0.2) is 83.8 Å². The summed E-state index contributed by atoms with van der Waals surface area (Å²) in [7, 11) is -4.47. The Hall–Kier alpha value is -3.86. The molecule has 42 heavy (non-hydrogen) atoms. The number of nitrogens with zero attached hydrogens (tertiary/aromatic N) is 2. The van der Waals surface area contributed by atoms with Gasteiger partial charge >= 0.3 is 6.18 Å². The fraction of sp³-hybridized carbons (Fsp3) is 0.355. The van der Waals surface area contributed by atoms with Crippen molar-refractivity contribution in [3.8, 4) is 0 Å². The molecule has 2 amide bonds. The number of benzene rings is 3. The summed E-state index contributed by atoms with van der Waals surface area (Å²) in [6.45, 7) is 4.99. The van der Waals surface area contributed by atoms with Gasteiger partial charge in [-0.1, -0.05) is 67.4 Å². The topological polar surface area (TPSA) is 86.8 Å². The number of carbonyl (C=O) groups excluding carboxylic acids is 2. The van der Waals surface area contributed by atoms with Crippen LogP contribution in [0, 0.1) is 6.92 Å². The molecule has 0 aliphatic rings. The molecule has 7 nitrogen and oxygen atoms in total. The molecule has 0 fully saturated rings. The van der Waals surface area contributed by atoms with Gasteiger partial charge in [-0.25, -0.2) is 8.42 Å². The predicted molar refractivity (Wildman–Crippen MR) is 156 cm³/mol. The van der Waals surface area contributed by atoms with Crippen LogP contribution in [-0.2, 0) is 32.2 Å². The van der Waals surface area contributed by atoms with E-state index in [1.165, 1.54) is 23.1 Å². The molecular weight excluding hydrogens is 567 g/mol. The van der Waals surface area contributed by atoms with Crippen molar-refractivity contribution in [1.29, 1.82) is 0 Å². The zero-order chi connectivity index (χ0) is 30.9. The lowest BCUT2D eigenvalue weighted by molar-refractivity contribution is -0.138. The summed E-state index contributed by atoms with van der Waals surface area (Å²) in [5, 5.41) is 2.80. The van der Waals surface area contributed by atoms with Crippen LogP contribution in [0.4, 0.5) is 18.9 Å². The Morgan fingerprint density at radius 1 is 0.952 bits per heavy atom. The first-order valence-electron chi connectivity index (χ1n) is 13.7. The van der Waals surface area contributed by atoms with E-state index < -0.39 is 46.2 Å². The molecule has 0 spiro atoms. The minimum Gasteiger partial charge on any atom is -0.354 e. The van der Waals surface area contributed by atoms with E-state index in [0.29, 0.717) is 23.3 Å². The first-order chi connectivity index (χ1) is 19.8. The number of nitrogens with one attached hydrogen (secondary N) is 1. The van der Waals surface area contributed by atoms with E-state index in [-0.39, 0.29) is 17.1 Å². The first kappa shape index (κ1) is 32.7. The molecule has 0 aliphatic heterocycles. The van der Waals surface area contributed by atoms with Gasteiger partial charge in [0.1, 0.15) is 12.6 Å². The molecule has 3 aromatic carbocycles. The van der Waals surface area contributed by atoms with Crippen molar-refractivity contribution in [2.75, 3.05) is 23.9 Å². The fourth-order valence-corrected chi connectivity index (χ4v) is 5.72. The minimum absolute atomic E-state index is 0.0895. The van der Waals surface area contributed by atoms with E-state index in [2.05, 4.69) is 5.32 Å².